The molecule has 0 aliphatic carbocycles. The number of anilines is 1. The maximum atomic E-state index is 10.1. The zero-order valence-corrected chi connectivity index (χ0v) is 6.95. The number of nitrogen functional groups attached to an aromatic ring is 1. The Morgan fingerprint density at radius 1 is 1.42 bits per heavy atom. The van der Waals surface area contributed by atoms with Crippen LogP contribution >= 0.6 is 0 Å². The van der Waals surface area contributed by atoms with Crippen LogP contribution in [0.2, 0.25) is 0 Å². The summed E-state index contributed by atoms with van der Waals surface area (Å²) >= 11 is 0. The molecule has 0 saturated heterocycles. The number of hydrogen-bond donors (Lipinski definition) is 2. The van der Waals surface area contributed by atoms with Gasteiger partial charge in [-0.15, -0.1) is 0 Å². The minimum atomic E-state index is 0.0445. The minimum Gasteiger partial charge on any atom is -0.399 e. The lowest BCUT2D eigenvalue weighted by Gasteiger charge is -2.09. The van der Waals surface area contributed by atoms with Crippen molar-refractivity contribution in [3.05, 3.63) is 29.8 Å². The van der Waals surface area contributed by atoms with Crippen LogP contribution < -0.4 is 11.1 Å². The molecule has 64 valence electrons. The average molecular weight is 164 g/mol. The van der Waals surface area contributed by atoms with Crippen LogP contribution in [0.5, 0.6) is 0 Å². The third-order valence-corrected chi connectivity index (χ3v) is 1.75. The number of carbonyl (C=O) groups is 1. The monoisotopic (exact) mass is 164 g/mol. The molecule has 1 amide bonds. The Labute approximate surface area is 71.6 Å². The number of hydrogen-bond acceptors (Lipinski definition) is 2. The van der Waals surface area contributed by atoms with Gasteiger partial charge in [-0.2, -0.15) is 0 Å². The van der Waals surface area contributed by atoms with E-state index in [1.54, 1.807) is 0 Å². The smallest absolute Gasteiger partial charge is 0.207 e. The molecule has 0 spiro atoms. The van der Waals surface area contributed by atoms with E-state index in [2.05, 4.69) is 5.32 Å². The van der Waals surface area contributed by atoms with Gasteiger partial charge in [-0.3, -0.25) is 4.79 Å². The molecule has 0 aliphatic heterocycles. The van der Waals surface area contributed by atoms with Crippen LogP contribution in [0, 0.1) is 0 Å². The molecule has 1 atom stereocenters. The van der Waals surface area contributed by atoms with Crippen LogP contribution in [-0.2, 0) is 4.79 Å². The molecule has 0 aliphatic rings. The van der Waals surface area contributed by atoms with E-state index in [0.717, 1.165) is 11.3 Å². The van der Waals surface area contributed by atoms with Crippen LogP contribution in [0.4, 0.5) is 5.69 Å². The van der Waals surface area contributed by atoms with Crippen molar-refractivity contribution in [3.8, 4) is 0 Å². The van der Waals surface area contributed by atoms with E-state index in [-0.39, 0.29) is 6.04 Å². The zero-order valence-electron chi connectivity index (χ0n) is 6.95. The fourth-order valence-corrected chi connectivity index (χ4v) is 0.983. The van der Waals surface area contributed by atoms with E-state index in [4.69, 9.17) is 5.73 Å². The number of nitrogens with one attached hydrogen (secondary N) is 1. The summed E-state index contributed by atoms with van der Waals surface area (Å²) in [5, 5.41) is 2.66. The van der Waals surface area contributed by atoms with E-state index < -0.39 is 0 Å². The Morgan fingerprint density at radius 3 is 2.50 bits per heavy atom. The van der Waals surface area contributed by atoms with Gasteiger partial charge in [-0.25, -0.2) is 0 Å². The van der Waals surface area contributed by atoms with Gasteiger partial charge in [-0.05, 0) is 24.6 Å². The molecule has 0 aromatic heterocycles. The quantitative estimate of drug-likeness (QED) is 0.518. The highest BCUT2D eigenvalue weighted by Crippen LogP contribution is 2.13. The van der Waals surface area contributed by atoms with Crippen LogP contribution in [0.1, 0.15) is 18.5 Å². The summed E-state index contributed by atoms with van der Waals surface area (Å²) in [6.45, 7) is 1.92. The number of rotatable bonds is 3. The van der Waals surface area contributed by atoms with E-state index in [9.17, 15) is 4.79 Å². The summed E-state index contributed by atoms with van der Waals surface area (Å²) < 4.78 is 0. The summed E-state index contributed by atoms with van der Waals surface area (Å²) in [5.74, 6) is 0. The summed E-state index contributed by atoms with van der Waals surface area (Å²) in [6, 6.07) is 7.48. The molecular formula is C9H12N2O. The van der Waals surface area contributed by atoms with Crippen LogP contribution in [0.25, 0.3) is 0 Å². The molecule has 0 bridgehead atoms. The van der Waals surface area contributed by atoms with Gasteiger partial charge in [0, 0.05) is 5.69 Å². The molecule has 1 aromatic rings. The zero-order chi connectivity index (χ0) is 8.97. The SMILES string of the molecule is CC(NC=O)c1ccc(N)cc1. The maximum Gasteiger partial charge on any atom is 0.207 e. The summed E-state index contributed by atoms with van der Waals surface area (Å²) in [6.07, 6.45) is 0.695. The lowest BCUT2D eigenvalue weighted by molar-refractivity contribution is -0.110. The topological polar surface area (TPSA) is 55.1 Å². The van der Waals surface area contributed by atoms with Crippen LogP contribution in [0.3, 0.4) is 0 Å². The standard InChI is InChI=1S/C9H12N2O/c1-7(11-6-12)8-2-4-9(10)5-3-8/h2-7H,10H2,1H3,(H,11,12). The first kappa shape index (κ1) is 8.59. The van der Waals surface area contributed by atoms with Crippen molar-refractivity contribution < 1.29 is 4.79 Å². The highest BCUT2D eigenvalue weighted by atomic mass is 16.1. The Kier molecular flexibility index (Phi) is 2.69. The maximum absolute atomic E-state index is 10.1. The van der Waals surface area contributed by atoms with Gasteiger partial charge in [-0.1, -0.05) is 12.1 Å². The predicted molar refractivity (Wildman–Crippen MR) is 48.5 cm³/mol. The fourth-order valence-electron chi connectivity index (χ4n) is 0.983. The van der Waals surface area contributed by atoms with Crippen molar-refractivity contribution in [1.29, 1.82) is 0 Å². The molecule has 0 saturated carbocycles. The second kappa shape index (κ2) is 3.76. The molecule has 0 radical (unpaired) electrons. The van der Waals surface area contributed by atoms with Crippen molar-refractivity contribution in [1.82, 2.24) is 5.32 Å². The fraction of sp³-hybridized carbons (Fsp3) is 0.222. The van der Waals surface area contributed by atoms with Crippen molar-refractivity contribution in [2.75, 3.05) is 5.73 Å². The van der Waals surface area contributed by atoms with E-state index in [1.165, 1.54) is 0 Å². The molecule has 3 heteroatoms. The molecular weight excluding hydrogens is 152 g/mol. The molecule has 3 N–H and O–H groups in total. The lowest BCUT2D eigenvalue weighted by Crippen LogP contribution is -2.15. The van der Waals surface area contributed by atoms with Gasteiger partial charge in [0.05, 0.1) is 6.04 Å². The van der Waals surface area contributed by atoms with Crippen LogP contribution in [-0.4, -0.2) is 6.41 Å². The second-order valence-electron chi connectivity index (χ2n) is 2.67. The third-order valence-electron chi connectivity index (χ3n) is 1.75. The van der Waals surface area contributed by atoms with E-state index in [0.29, 0.717) is 6.41 Å². The summed E-state index contributed by atoms with van der Waals surface area (Å²) in [5.41, 5.74) is 7.30. The van der Waals surface area contributed by atoms with Gasteiger partial charge in [0.25, 0.3) is 0 Å². The number of carbonyl (C=O) groups excluding carboxylic acids is 1. The average Bonchev–Trinajstić information content (AvgIpc) is 2.06. The third kappa shape index (κ3) is 1.99. The number of benzene rings is 1. The highest BCUT2D eigenvalue weighted by molar-refractivity contribution is 5.48. The first-order valence-electron chi connectivity index (χ1n) is 3.79. The van der Waals surface area contributed by atoms with Crippen LogP contribution in [0.15, 0.2) is 24.3 Å². The van der Waals surface area contributed by atoms with Gasteiger partial charge in [0.2, 0.25) is 6.41 Å². The van der Waals surface area contributed by atoms with Crippen molar-refractivity contribution in [3.63, 3.8) is 0 Å². The van der Waals surface area contributed by atoms with Gasteiger partial charge >= 0.3 is 0 Å². The first-order valence-corrected chi connectivity index (χ1v) is 3.79. The van der Waals surface area contributed by atoms with Crippen molar-refractivity contribution in [2.24, 2.45) is 0 Å². The Bertz CT molecular complexity index is 256. The molecule has 1 unspecified atom stereocenters. The summed E-state index contributed by atoms with van der Waals surface area (Å²) in [7, 11) is 0. The van der Waals surface area contributed by atoms with Crippen molar-refractivity contribution >= 4 is 12.1 Å². The Morgan fingerprint density at radius 2 is 2.00 bits per heavy atom. The van der Waals surface area contributed by atoms with Gasteiger partial charge in [0.15, 0.2) is 0 Å². The molecule has 1 rings (SSSR count). The molecule has 0 fully saturated rings. The molecule has 3 nitrogen and oxygen atoms in total. The second-order valence-corrected chi connectivity index (χ2v) is 2.67. The first-order chi connectivity index (χ1) is 5.74. The van der Waals surface area contributed by atoms with Gasteiger partial charge in [0.1, 0.15) is 0 Å². The van der Waals surface area contributed by atoms with E-state index >= 15 is 0 Å². The minimum absolute atomic E-state index is 0.0445. The lowest BCUT2D eigenvalue weighted by atomic mass is 10.1. The largest absolute Gasteiger partial charge is 0.399 e. The predicted octanol–water partition coefficient (Wildman–Crippen LogP) is 1.08. The van der Waals surface area contributed by atoms with Crippen molar-refractivity contribution in [2.45, 2.75) is 13.0 Å². The van der Waals surface area contributed by atoms with E-state index in [1.807, 2.05) is 31.2 Å². The molecule has 12 heavy (non-hydrogen) atoms. The molecule has 1 aromatic carbocycles. The summed E-state index contributed by atoms with van der Waals surface area (Å²) in [4.78, 5) is 10.1. The Hall–Kier alpha value is -1.51. The Balaban J connectivity index is 2.74. The highest BCUT2D eigenvalue weighted by Gasteiger charge is 2.01. The van der Waals surface area contributed by atoms with Gasteiger partial charge < -0.3 is 11.1 Å². The molecule has 0 heterocycles. The normalized spacial score (nSPS) is 12.1. The number of nitrogens with two attached hydrogens (primary N) is 1. The number of amides is 1.